The van der Waals surface area contributed by atoms with Crippen molar-refractivity contribution >= 4 is 5.69 Å². The molecular weight excluding hydrogens is 198 g/mol. The molecule has 0 amide bonds. The van der Waals surface area contributed by atoms with Crippen LogP contribution in [0.1, 0.15) is 5.82 Å². The molecule has 0 bridgehead atoms. The largest absolute Gasteiger partial charge is 0.391 e. The third kappa shape index (κ3) is 1.57. The molecule has 15 heavy (non-hydrogen) atoms. The van der Waals surface area contributed by atoms with Crippen LogP contribution in [0.2, 0.25) is 0 Å². The molecule has 78 valence electrons. The van der Waals surface area contributed by atoms with Crippen LogP contribution in [0.4, 0.5) is 5.69 Å². The van der Waals surface area contributed by atoms with Crippen LogP contribution in [0.5, 0.6) is 0 Å². The lowest BCUT2D eigenvalue weighted by molar-refractivity contribution is 0.804. The monoisotopic (exact) mass is 207 g/mol. The van der Waals surface area contributed by atoms with Gasteiger partial charge in [-0.3, -0.25) is 4.79 Å². The molecule has 0 aliphatic rings. The third-order valence-electron chi connectivity index (χ3n) is 1.81. The lowest BCUT2D eigenvalue weighted by atomic mass is 10.5. The molecule has 0 atom stereocenters. The third-order valence-corrected chi connectivity index (χ3v) is 1.81. The molecule has 0 spiro atoms. The number of aromatic amines is 1. The molecule has 5 N–H and O–H groups in total. The van der Waals surface area contributed by atoms with Crippen LogP contribution in [0.3, 0.4) is 0 Å². The highest BCUT2D eigenvalue weighted by Crippen LogP contribution is 2.05. The van der Waals surface area contributed by atoms with Crippen LogP contribution in [0.15, 0.2) is 17.4 Å². The van der Waals surface area contributed by atoms with Gasteiger partial charge in [0, 0.05) is 0 Å². The van der Waals surface area contributed by atoms with Crippen molar-refractivity contribution in [1.82, 2.24) is 24.7 Å². The van der Waals surface area contributed by atoms with E-state index in [1.165, 1.54) is 17.3 Å². The van der Waals surface area contributed by atoms with Gasteiger partial charge < -0.3 is 16.5 Å². The zero-order chi connectivity index (χ0) is 10.8. The summed E-state index contributed by atoms with van der Waals surface area (Å²) in [6.45, 7) is 0.218. The lowest BCUT2D eigenvalue weighted by Gasteiger charge is -2.00. The molecule has 0 saturated carbocycles. The van der Waals surface area contributed by atoms with Crippen molar-refractivity contribution in [2.24, 2.45) is 5.73 Å². The Balaban J connectivity index is 2.54. The van der Waals surface area contributed by atoms with Crippen LogP contribution in [0.25, 0.3) is 5.82 Å². The number of nitrogen functional groups attached to an aromatic ring is 1. The number of anilines is 1. The highest BCUT2D eigenvalue weighted by atomic mass is 16.1. The molecule has 0 aliphatic carbocycles. The van der Waals surface area contributed by atoms with E-state index >= 15 is 0 Å². The van der Waals surface area contributed by atoms with Gasteiger partial charge in [-0.1, -0.05) is 0 Å². The average Bonchev–Trinajstić information content (AvgIpc) is 2.70. The van der Waals surface area contributed by atoms with Crippen molar-refractivity contribution in [1.29, 1.82) is 0 Å². The second kappa shape index (κ2) is 3.50. The maximum absolute atomic E-state index is 11.2. The fourth-order valence-electron chi connectivity index (χ4n) is 1.08. The van der Waals surface area contributed by atoms with Crippen LogP contribution in [0, 0.1) is 0 Å². The van der Waals surface area contributed by atoms with E-state index in [0.717, 1.165) is 0 Å². The van der Waals surface area contributed by atoms with Gasteiger partial charge in [0.2, 0.25) is 0 Å². The van der Waals surface area contributed by atoms with Crippen LogP contribution in [-0.4, -0.2) is 24.7 Å². The summed E-state index contributed by atoms with van der Waals surface area (Å²) in [5.41, 5.74) is 10.5. The highest BCUT2D eigenvalue weighted by molar-refractivity contribution is 5.49. The zero-order valence-corrected chi connectivity index (χ0v) is 7.71. The van der Waals surface area contributed by atoms with Gasteiger partial charge in [0.05, 0.1) is 12.9 Å². The summed E-state index contributed by atoms with van der Waals surface area (Å²) in [5.74, 6) is 0.697. The van der Waals surface area contributed by atoms with Gasteiger partial charge in [-0.15, -0.1) is 5.10 Å². The fourth-order valence-corrected chi connectivity index (χ4v) is 1.08. The van der Waals surface area contributed by atoms with Gasteiger partial charge in [0.1, 0.15) is 12.0 Å². The first-order valence-corrected chi connectivity index (χ1v) is 4.16. The van der Waals surface area contributed by atoms with Crippen molar-refractivity contribution in [3.8, 4) is 5.82 Å². The molecule has 2 rings (SSSR count). The molecule has 8 nitrogen and oxygen atoms in total. The van der Waals surface area contributed by atoms with E-state index in [1.54, 1.807) is 0 Å². The second-order valence-corrected chi connectivity index (χ2v) is 2.78. The Kier molecular flexibility index (Phi) is 2.18. The summed E-state index contributed by atoms with van der Waals surface area (Å²) in [6, 6.07) is 0. The van der Waals surface area contributed by atoms with Gasteiger partial charge in [-0.05, 0) is 0 Å². The number of H-pyrrole nitrogens is 1. The minimum Gasteiger partial charge on any atom is -0.391 e. The Labute approximate surface area is 84.0 Å². The normalized spacial score (nSPS) is 10.5. The fraction of sp³-hybridized carbons (Fsp3) is 0.143. The Bertz CT molecular complexity index is 528. The first-order valence-electron chi connectivity index (χ1n) is 4.16. The van der Waals surface area contributed by atoms with Crippen LogP contribution < -0.4 is 17.0 Å². The summed E-state index contributed by atoms with van der Waals surface area (Å²) >= 11 is 0. The Morgan fingerprint density at radius 3 is 2.93 bits per heavy atom. The molecule has 0 aromatic carbocycles. The zero-order valence-electron chi connectivity index (χ0n) is 7.71. The number of rotatable bonds is 2. The maximum atomic E-state index is 11.2. The number of hydrogen-bond acceptors (Lipinski definition) is 6. The highest BCUT2D eigenvalue weighted by Gasteiger charge is 2.08. The summed E-state index contributed by atoms with van der Waals surface area (Å²) in [4.78, 5) is 21.3. The van der Waals surface area contributed by atoms with E-state index in [-0.39, 0.29) is 18.1 Å². The van der Waals surface area contributed by atoms with Gasteiger partial charge in [-0.25, -0.2) is 9.97 Å². The molecule has 8 heteroatoms. The van der Waals surface area contributed by atoms with E-state index in [4.69, 9.17) is 11.5 Å². The predicted molar refractivity (Wildman–Crippen MR) is 52.1 cm³/mol. The molecule has 0 fully saturated rings. The molecule has 0 saturated heterocycles. The molecular formula is C7H9N7O. The topological polar surface area (TPSA) is 128 Å². The van der Waals surface area contributed by atoms with E-state index in [2.05, 4.69) is 20.1 Å². The molecule has 2 aromatic rings. The van der Waals surface area contributed by atoms with E-state index in [0.29, 0.717) is 5.82 Å². The number of hydrogen-bond donors (Lipinski definition) is 3. The number of nitrogens with two attached hydrogens (primary N) is 2. The minimum absolute atomic E-state index is 0.00836. The Morgan fingerprint density at radius 2 is 2.27 bits per heavy atom. The number of nitrogens with zero attached hydrogens (tertiary/aromatic N) is 4. The van der Waals surface area contributed by atoms with Gasteiger partial charge in [-0.2, -0.15) is 4.68 Å². The Morgan fingerprint density at radius 1 is 1.47 bits per heavy atom. The first kappa shape index (κ1) is 9.34. The summed E-state index contributed by atoms with van der Waals surface area (Å²) < 4.78 is 1.31. The summed E-state index contributed by atoms with van der Waals surface area (Å²) in [5, 5.41) is 3.99. The first-order chi connectivity index (χ1) is 7.22. The summed E-state index contributed by atoms with van der Waals surface area (Å²) in [7, 11) is 0. The average molecular weight is 207 g/mol. The maximum Gasteiger partial charge on any atom is 0.276 e. The van der Waals surface area contributed by atoms with Crippen molar-refractivity contribution < 1.29 is 0 Å². The number of nitrogens with one attached hydrogen (secondary N) is 1. The molecule has 0 unspecified atom stereocenters. The molecule has 2 heterocycles. The van der Waals surface area contributed by atoms with Gasteiger partial charge >= 0.3 is 0 Å². The smallest absolute Gasteiger partial charge is 0.276 e. The quantitative estimate of drug-likeness (QED) is 0.543. The van der Waals surface area contributed by atoms with Gasteiger partial charge in [0.15, 0.2) is 11.6 Å². The van der Waals surface area contributed by atoms with E-state index < -0.39 is 5.56 Å². The van der Waals surface area contributed by atoms with Crippen LogP contribution in [-0.2, 0) is 6.54 Å². The lowest BCUT2D eigenvalue weighted by Crippen LogP contribution is -2.17. The molecule has 0 aliphatic heterocycles. The van der Waals surface area contributed by atoms with Crippen molar-refractivity contribution in [2.75, 3.05) is 5.73 Å². The van der Waals surface area contributed by atoms with E-state index in [1.807, 2.05) is 0 Å². The van der Waals surface area contributed by atoms with Crippen LogP contribution >= 0.6 is 0 Å². The second-order valence-electron chi connectivity index (χ2n) is 2.78. The predicted octanol–water partition coefficient (Wildman–Crippen LogP) is -1.61. The summed E-state index contributed by atoms with van der Waals surface area (Å²) in [6.07, 6.45) is 2.65. The molecule has 2 aromatic heterocycles. The van der Waals surface area contributed by atoms with Crippen molar-refractivity contribution in [3.05, 3.63) is 28.8 Å². The number of aromatic nitrogens is 5. The standard InChI is InChI=1S/C7H9N7O/c8-1-4-12-3-14(13-4)6-5(9)7(15)11-2-10-6/h2-3H,1,8-9H2,(H,10,11,15). The van der Waals surface area contributed by atoms with E-state index in [9.17, 15) is 4.79 Å². The molecule has 0 radical (unpaired) electrons. The minimum atomic E-state index is -0.412. The SMILES string of the molecule is NCc1ncn(-c2nc[nH]c(=O)c2N)n1. The van der Waals surface area contributed by atoms with Crippen molar-refractivity contribution in [3.63, 3.8) is 0 Å². The van der Waals surface area contributed by atoms with Gasteiger partial charge in [0.25, 0.3) is 5.56 Å². The Hall–Kier alpha value is -2.22. The van der Waals surface area contributed by atoms with Crippen molar-refractivity contribution in [2.45, 2.75) is 6.54 Å².